The van der Waals surface area contributed by atoms with Crippen molar-refractivity contribution in [3.63, 3.8) is 0 Å². The Hall–Kier alpha value is -0.640. The lowest BCUT2D eigenvalue weighted by Crippen LogP contribution is -2.05. The van der Waals surface area contributed by atoms with E-state index in [1.54, 1.807) is 19.1 Å². The summed E-state index contributed by atoms with van der Waals surface area (Å²) in [5.41, 5.74) is 0.697. The molecule has 0 saturated heterocycles. The monoisotopic (exact) mass is 337 g/mol. The van der Waals surface area contributed by atoms with Crippen LogP contribution in [0.3, 0.4) is 0 Å². The quantitative estimate of drug-likeness (QED) is 0.524. The van der Waals surface area contributed by atoms with Gasteiger partial charge in [0.1, 0.15) is 0 Å². The lowest BCUT2D eigenvalue weighted by Gasteiger charge is -2.10. The summed E-state index contributed by atoms with van der Waals surface area (Å²) >= 11 is 18.0. The van der Waals surface area contributed by atoms with E-state index in [1.165, 1.54) is 0 Å². The third-order valence-electron chi connectivity index (χ3n) is 2.67. The molecule has 1 aromatic rings. The maximum Gasteiger partial charge on any atom is 0.305 e. The number of rotatable bonds is 8. The molecule has 3 nitrogen and oxygen atoms in total. The van der Waals surface area contributed by atoms with E-state index < -0.39 is 0 Å². The highest BCUT2D eigenvalue weighted by atomic mass is 35.5. The maximum atomic E-state index is 11.1. The molecular weight excluding hydrogens is 321 g/mol. The first-order chi connectivity index (χ1) is 9.54. The molecule has 1 aromatic carbocycles. The summed E-state index contributed by atoms with van der Waals surface area (Å²) in [6.45, 7) is 2.99. The summed E-state index contributed by atoms with van der Waals surface area (Å²) < 4.78 is 4.86. The molecule has 0 fully saturated rings. The SMILES string of the molecule is CCOC(=O)CCCCCNc1c(Cl)cc(Cl)cc1Cl. The third kappa shape index (κ3) is 6.21. The van der Waals surface area contributed by atoms with Crippen molar-refractivity contribution in [3.05, 3.63) is 27.2 Å². The molecule has 20 heavy (non-hydrogen) atoms. The molecule has 0 heterocycles. The third-order valence-corrected chi connectivity index (χ3v) is 3.49. The first-order valence-electron chi connectivity index (χ1n) is 6.58. The lowest BCUT2D eigenvalue weighted by molar-refractivity contribution is -0.143. The summed E-state index contributed by atoms with van der Waals surface area (Å²) in [4.78, 5) is 11.1. The highest BCUT2D eigenvalue weighted by molar-refractivity contribution is 6.41. The van der Waals surface area contributed by atoms with Crippen molar-refractivity contribution in [2.75, 3.05) is 18.5 Å². The Morgan fingerprint density at radius 1 is 1.15 bits per heavy atom. The zero-order valence-corrected chi connectivity index (χ0v) is 13.6. The molecule has 0 spiro atoms. The van der Waals surface area contributed by atoms with Gasteiger partial charge in [0.15, 0.2) is 0 Å². The lowest BCUT2D eigenvalue weighted by atomic mass is 10.2. The van der Waals surface area contributed by atoms with Gasteiger partial charge in [0.05, 0.1) is 22.3 Å². The number of anilines is 1. The van der Waals surface area contributed by atoms with Crippen LogP contribution >= 0.6 is 34.8 Å². The van der Waals surface area contributed by atoms with E-state index in [1.807, 2.05) is 0 Å². The minimum atomic E-state index is -0.135. The van der Waals surface area contributed by atoms with Crippen LogP contribution in [-0.2, 0) is 9.53 Å². The van der Waals surface area contributed by atoms with Gasteiger partial charge in [-0.15, -0.1) is 0 Å². The van der Waals surface area contributed by atoms with Crippen LogP contribution in [0.2, 0.25) is 15.1 Å². The molecule has 0 atom stereocenters. The van der Waals surface area contributed by atoms with Gasteiger partial charge < -0.3 is 10.1 Å². The molecule has 0 radical (unpaired) electrons. The summed E-state index contributed by atoms with van der Waals surface area (Å²) in [6, 6.07) is 3.30. The topological polar surface area (TPSA) is 38.3 Å². The number of carbonyl (C=O) groups excluding carboxylic acids is 1. The minimum Gasteiger partial charge on any atom is -0.466 e. The molecule has 0 aliphatic rings. The van der Waals surface area contributed by atoms with Crippen molar-refractivity contribution in [1.29, 1.82) is 0 Å². The normalized spacial score (nSPS) is 10.4. The Bertz CT molecular complexity index is 429. The predicted molar refractivity (Wildman–Crippen MR) is 85.1 cm³/mol. The minimum absolute atomic E-state index is 0.135. The number of carbonyl (C=O) groups is 1. The fourth-order valence-electron chi connectivity index (χ4n) is 1.73. The summed E-state index contributed by atoms with van der Waals surface area (Å²) in [6.07, 6.45) is 3.15. The largest absolute Gasteiger partial charge is 0.466 e. The van der Waals surface area contributed by atoms with E-state index in [-0.39, 0.29) is 5.97 Å². The highest BCUT2D eigenvalue weighted by Crippen LogP contribution is 2.33. The molecule has 0 aromatic heterocycles. The smallest absolute Gasteiger partial charge is 0.305 e. The van der Waals surface area contributed by atoms with Crippen LogP contribution in [0.5, 0.6) is 0 Å². The van der Waals surface area contributed by atoms with E-state index in [0.29, 0.717) is 33.8 Å². The Labute approximate surface area is 134 Å². The standard InChI is InChI=1S/C14H18Cl3NO2/c1-2-20-13(19)6-4-3-5-7-18-14-11(16)8-10(15)9-12(14)17/h8-9,18H,2-7H2,1H3. The van der Waals surface area contributed by atoms with Gasteiger partial charge >= 0.3 is 5.97 Å². The van der Waals surface area contributed by atoms with Crippen LogP contribution in [0.1, 0.15) is 32.6 Å². The summed E-state index contributed by atoms with van der Waals surface area (Å²) in [5, 5.41) is 4.71. The average molecular weight is 339 g/mol. The number of unbranched alkanes of at least 4 members (excludes halogenated alkanes) is 2. The van der Waals surface area contributed by atoms with Crippen molar-refractivity contribution in [2.45, 2.75) is 32.6 Å². The van der Waals surface area contributed by atoms with Gasteiger partial charge in [-0.3, -0.25) is 4.79 Å². The van der Waals surface area contributed by atoms with Gasteiger partial charge in [0, 0.05) is 18.0 Å². The van der Waals surface area contributed by atoms with Gasteiger partial charge in [0.2, 0.25) is 0 Å². The Morgan fingerprint density at radius 2 is 1.80 bits per heavy atom. The Balaban J connectivity index is 2.23. The molecule has 0 unspecified atom stereocenters. The van der Waals surface area contributed by atoms with Crippen LogP contribution in [0.4, 0.5) is 5.69 Å². The number of hydrogen-bond acceptors (Lipinski definition) is 3. The van der Waals surface area contributed by atoms with Crippen molar-refractivity contribution in [3.8, 4) is 0 Å². The van der Waals surface area contributed by atoms with E-state index in [9.17, 15) is 4.79 Å². The molecule has 0 aliphatic carbocycles. The van der Waals surface area contributed by atoms with Crippen molar-refractivity contribution < 1.29 is 9.53 Å². The van der Waals surface area contributed by atoms with E-state index >= 15 is 0 Å². The molecule has 0 amide bonds. The number of ether oxygens (including phenoxy) is 1. The number of hydrogen-bond donors (Lipinski definition) is 1. The zero-order valence-electron chi connectivity index (χ0n) is 11.3. The summed E-state index contributed by atoms with van der Waals surface area (Å²) in [7, 11) is 0. The van der Waals surface area contributed by atoms with E-state index in [2.05, 4.69) is 5.32 Å². The van der Waals surface area contributed by atoms with Crippen molar-refractivity contribution in [2.24, 2.45) is 0 Å². The molecule has 112 valence electrons. The van der Waals surface area contributed by atoms with Crippen LogP contribution in [0, 0.1) is 0 Å². The van der Waals surface area contributed by atoms with Crippen molar-refractivity contribution in [1.82, 2.24) is 0 Å². The van der Waals surface area contributed by atoms with Gasteiger partial charge in [-0.1, -0.05) is 41.2 Å². The van der Waals surface area contributed by atoms with Crippen LogP contribution in [-0.4, -0.2) is 19.1 Å². The predicted octanol–water partition coefficient (Wildman–Crippen LogP) is 5.18. The number of esters is 1. The molecule has 1 rings (SSSR count). The molecule has 0 aliphatic heterocycles. The van der Waals surface area contributed by atoms with Gasteiger partial charge in [0.25, 0.3) is 0 Å². The second kappa shape index (κ2) is 9.32. The fraction of sp³-hybridized carbons (Fsp3) is 0.500. The maximum absolute atomic E-state index is 11.1. The van der Waals surface area contributed by atoms with Crippen LogP contribution < -0.4 is 5.32 Å². The number of benzene rings is 1. The summed E-state index contributed by atoms with van der Waals surface area (Å²) in [5.74, 6) is -0.135. The molecular formula is C14H18Cl3NO2. The second-order valence-electron chi connectivity index (χ2n) is 4.29. The molecule has 0 bridgehead atoms. The van der Waals surface area contributed by atoms with Gasteiger partial charge in [-0.05, 0) is 31.9 Å². The number of nitrogens with one attached hydrogen (secondary N) is 1. The zero-order chi connectivity index (χ0) is 15.0. The molecule has 0 saturated carbocycles. The van der Waals surface area contributed by atoms with Gasteiger partial charge in [-0.25, -0.2) is 0 Å². The van der Waals surface area contributed by atoms with E-state index in [0.717, 1.165) is 25.8 Å². The highest BCUT2D eigenvalue weighted by Gasteiger charge is 2.07. The molecule has 1 N–H and O–H groups in total. The number of halogens is 3. The van der Waals surface area contributed by atoms with Crippen LogP contribution in [0.25, 0.3) is 0 Å². The Morgan fingerprint density at radius 3 is 2.40 bits per heavy atom. The van der Waals surface area contributed by atoms with E-state index in [4.69, 9.17) is 39.5 Å². The van der Waals surface area contributed by atoms with Crippen LogP contribution in [0.15, 0.2) is 12.1 Å². The first-order valence-corrected chi connectivity index (χ1v) is 7.72. The Kier molecular flexibility index (Phi) is 8.12. The molecule has 6 heteroatoms. The second-order valence-corrected chi connectivity index (χ2v) is 5.54. The van der Waals surface area contributed by atoms with Crippen molar-refractivity contribution >= 4 is 46.5 Å². The first kappa shape index (κ1) is 17.4. The van der Waals surface area contributed by atoms with Gasteiger partial charge in [-0.2, -0.15) is 0 Å². The fourth-order valence-corrected chi connectivity index (χ4v) is 2.68. The average Bonchev–Trinajstić information content (AvgIpc) is 2.36.